The minimum atomic E-state index is -0.344. The van der Waals surface area contributed by atoms with Gasteiger partial charge in [0.2, 0.25) is 5.89 Å². The summed E-state index contributed by atoms with van der Waals surface area (Å²) >= 11 is 0. The summed E-state index contributed by atoms with van der Waals surface area (Å²) in [6, 6.07) is 7.64. The molecule has 1 atom stereocenters. The van der Waals surface area contributed by atoms with Crippen molar-refractivity contribution in [1.29, 1.82) is 0 Å². The number of rotatable bonds is 3. The number of anilines is 1. The summed E-state index contributed by atoms with van der Waals surface area (Å²) in [5, 5.41) is 3.83. The normalized spacial score (nSPS) is 12.5. The lowest BCUT2D eigenvalue weighted by molar-refractivity contribution is 0.385. The second-order valence-corrected chi connectivity index (χ2v) is 4.14. The van der Waals surface area contributed by atoms with Gasteiger partial charge in [0, 0.05) is 26.7 Å². The number of aromatic nitrogens is 2. The first-order chi connectivity index (χ1) is 8.08. The van der Waals surface area contributed by atoms with E-state index in [-0.39, 0.29) is 6.04 Å². The molecule has 5 nitrogen and oxygen atoms in total. The molecule has 2 N–H and O–H groups in total. The van der Waals surface area contributed by atoms with E-state index in [0.717, 1.165) is 11.3 Å². The number of nitrogens with two attached hydrogens (primary N) is 1. The highest BCUT2D eigenvalue weighted by Crippen LogP contribution is 2.20. The highest BCUT2D eigenvalue weighted by molar-refractivity contribution is 5.47. The Kier molecular flexibility index (Phi) is 3.10. The average Bonchev–Trinajstić information content (AvgIpc) is 2.75. The van der Waals surface area contributed by atoms with Gasteiger partial charge in [-0.1, -0.05) is 17.3 Å². The Bertz CT molecular complexity index is 489. The largest absolute Gasteiger partial charge is 0.378 e. The summed E-state index contributed by atoms with van der Waals surface area (Å²) in [7, 11) is 4.00. The molecule has 0 bridgehead atoms. The van der Waals surface area contributed by atoms with Gasteiger partial charge in [-0.3, -0.25) is 0 Å². The smallest absolute Gasteiger partial charge is 0.223 e. The molecule has 0 amide bonds. The molecule has 0 saturated carbocycles. The molecule has 1 aromatic carbocycles. The number of nitrogens with zero attached hydrogens (tertiary/aromatic N) is 3. The van der Waals surface area contributed by atoms with Crippen molar-refractivity contribution in [1.82, 2.24) is 10.1 Å². The minimum Gasteiger partial charge on any atom is -0.378 e. The zero-order valence-corrected chi connectivity index (χ0v) is 10.2. The summed E-state index contributed by atoms with van der Waals surface area (Å²) in [6.07, 6.45) is 0. The molecule has 0 fully saturated rings. The van der Waals surface area contributed by atoms with Gasteiger partial charge in [0.05, 0.1) is 6.04 Å². The highest BCUT2D eigenvalue weighted by Gasteiger charge is 2.14. The Hall–Kier alpha value is -1.88. The first-order valence-electron chi connectivity index (χ1n) is 5.41. The van der Waals surface area contributed by atoms with Crippen LogP contribution in [0.5, 0.6) is 0 Å². The molecule has 1 aromatic heterocycles. The molecule has 0 radical (unpaired) electrons. The van der Waals surface area contributed by atoms with Crippen LogP contribution in [0.1, 0.15) is 23.3 Å². The van der Waals surface area contributed by atoms with E-state index in [1.807, 2.05) is 43.3 Å². The summed E-state index contributed by atoms with van der Waals surface area (Å²) in [6.45, 7) is 1.75. The zero-order chi connectivity index (χ0) is 12.4. The van der Waals surface area contributed by atoms with Crippen molar-refractivity contribution in [3.63, 3.8) is 0 Å². The third-order valence-electron chi connectivity index (χ3n) is 2.59. The molecule has 0 saturated heterocycles. The van der Waals surface area contributed by atoms with E-state index in [9.17, 15) is 0 Å². The molecule has 0 spiro atoms. The summed E-state index contributed by atoms with van der Waals surface area (Å²) in [4.78, 5) is 6.17. The van der Waals surface area contributed by atoms with Gasteiger partial charge >= 0.3 is 0 Å². The van der Waals surface area contributed by atoms with Gasteiger partial charge < -0.3 is 15.2 Å². The summed E-state index contributed by atoms with van der Waals surface area (Å²) < 4.78 is 4.92. The first kappa shape index (κ1) is 11.6. The quantitative estimate of drug-likeness (QED) is 0.868. The van der Waals surface area contributed by atoms with Crippen LogP contribution in [0.4, 0.5) is 5.69 Å². The van der Waals surface area contributed by atoms with Crippen molar-refractivity contribution in [2.75, 3.05) is 19.0 Å². The maximum atomic E-state index is 6.06. The van der Waals surface area contributed by atoms with Gasteiger partial charge in [-0.05, 0) is 17.7 Å². The van der Waals surface area contributed by atoms with Crippen LogP contribution in [0.15, 0.2) is 28.8 Å². The Morgan fingerprint density at radius 2 is 1.88 bits per heavy atom. The monoisotopic (exact) mass is 232 g/mol. The second kappa shape index (κ2) is 4.55. The lowest BCUT2D eigenvalue weighted by Crippen LogP contribution is -2.14. The van der Waals surface area contributed by atoms with Crippen LogP contribution in [-0.4, -0.2) is 24.2 Å². The molecule has 1 unspecified atom stereocenters. The Balaban J connectivity index is 2.22. The molecule has 2 aromatic rings. The first-order valence-corrected chi connectivity index (χ1v) is 5.41. The van der Waals surface area contributed by atoms with Crippen LogP contribution >= 0.6 is 0 Å². The van der Waals surface area contributed by atoms with Crippen molar-refractivity contribution >= 4 is 5.69 Å². The van der Waals surface area contributed by atoms with Gasteiger partial charge in [0.15, 0.2) is 5.82 Å². The van der Waals surface area contributed by atoms with E-state index in [1.165, 1.54) is 0 Å². The fraction of sp³-hybridized carbons (Fsp3) is 0.333. The van der Waals surface area contributed by atoms with Crippen molar-refractivity contribution < 1.29 is 4.52 Å². The number of hydrogen-bond acceptors (Lipinski definition) is 5. The Morgan fingerprint density at radius 3 is 2.35 bits per heavy atom. The summed E-state index contributed by atoms with van der Waals surface area (Å²) in [5.41, 5.74) is 8.16. The lowest BCUT2D eigenvalue weighted by atomic mass is 10.1. The van der Waals surface area contributed by atoms with E-state index >= 15 is 0 Å². The molecule has 0 aliphatic heterocycles. The molecule has 90 valence electrons. The van der Waals surface area contributed by atoms with Crippen molar-refractivity contribution in [3.05, 3.63) is 41.5 Å². The van der Waals surface area contributed by atoms with Gasteiger partial charge in [-0.2, -0.15) is 4.98 Å². The number of benzene rings is 1. The predicted octanol–water partition coefficient (Wildman–Crippen LogP) is 1.49. The molecule has 0 aliphatic carbocycles. The van der Waals surface area contributed by atoms with Crippen LogP contribution in [0, 0.1) is 6.92 Å². The molecular formula is C12H16N4O. The highest BCUT2D eigenvalue weighted by atomic mass is 16.5. The van der Waals surface area contributed by atoms with Gasteiger partial charge in [0.25, 0.3) is 0 Å². The molecule has 1 heterocycles. The van der Waals surface area contributed by atoms with Crippen LogP contribution < -0.4 is 10.6 Å². The maximum absolute atomic E-state index is 6.06. The van der Waals surface area contributed by atoms with Crippen molar-refractivity contribution in [2.24, 2.45) is 5.73 Å². The van der Waals surface area contributed by atoms with E-state index in [1.54, 1.807) is 6.92 Å². The Labute approximate surface area is 100 Å². The van der Waals surface area contributed by atoms with E-state index < -0.39 is 0 Å². The maximum Gasteiger partial charge on any atom is 0.223 e. The lowest BCUT2D eigenvalue weighted by Gasteiger charge is -2.14. The standard InChI is InChI=1S/C12H16N4O/c1-8-14-12(15-17-8)11(13)9-4-6-10(7-5-9)16(2)3/h4-7,11H,13H2,1-3H3. The molecule has 0 aliphatic rings. The average molecular weight is 232 g/mol. The molecule has 5 heteroatoms. The second-order valence-electron chi connectivity index (χ2n) is 4.14. The Morgan fingerprint density at radius 1 is 1.24 bits per heavy atom. The van der Waals surface area contributed by atoms with E-state index in [2.05, 4.69) is 10.1 Å². The SMILES string of the molecule is Cc1nc(C(N)c2ccc(N(C)C)cc2)no1. The van der Waals surface area contributed by atoms with Crippen molar-refractivity contribution in [2.45, 2.75) is 13.0 Å². The molecular weight excluding hydrogens is 216 g/mol. The zero-order valence-electron chi connectivity index (χ0n) is 10.2. The van der Waals surface area contributed by atoms with Crippen LogP contribution in [-0.2, 0) is 0 Å². The van der Waals surface area contributed by atoms with Gasteiger partial charge in [-0.25, -0.2) is 0 Å². The fourth-order valence-electron chi connectivity index (χ4n) is 1.57. The van der Waals surface area contributed by atoms with Crippen LogP contribution in [0.25, 0.3) is 0 Å². The number of hydrogen-bond donors (Lipinski definition) is 1. The van der Waals surface area contributed by atoms with Gasteiger partial charge in [-0.15, -0.1) is 0 Å². The predicted molar refractivity (Wildman–Crippen MR) is 65.8 cm³/mol. The topological polar surface area (TPSA) is 68.2 Å². The van der Waals surface area contributed by atoms with Gasteiger partial charge in [0.1, 0.15) is 0 Å². The fourth-order valence-corrected chi connectivity index (χ4v) is 1.57. The van der Waals surface area contributed by atoms with Crippen LogP contribution in [0.3, 0.4) is 0 Å². The third-order valence-corrected chi connectivity index (χ3v) is 2.59. The minimum absolute atomic E-state index is 0.344. The molecule has 17 heavy (non-hydrogen) atoms. The van der Waals surface area contributed by atoms with E-state index in [0.29, 0.717) is 11.7 Å². The number of aryl methyl sites for hydroxylation is 1. The van der Waals surface area contributed by atoms with Crippen LogP contribution in [0.2, 0.25) is 0 Å². The van der Waals surface area contributed by atoms with Crippen molar-refractivity contribution in [3.8, 4) is 0 Å². The molecule has 2 rings (SSSR count). The third kappa shape index (κ3) is 2.45. The summed E-state index contributed by atoms with van der Waals surface area (Å²) in [5.74, 6) is 1.04. The van der Waals surface area contributed by atoms with E-state index in [4.69, 9.17) is 10.3 Å².